The van der Waals surface area contributed by atoms with Crippen LogP contribution in [0.2, 0.25) is 0 Å². The van der Waals surface area contributed by atoms with Crippen LogP contribution in [0.15, 0.2) is 66.0 Å². The predicted octanol–water partition coefficient (Wildman–Crippen LogP) is 3.62. The molecule has 0 radical (unpaired) electrons. The van der Waals surface area contributed by atoms with E-state index in [1.165, 1.54) is 28.9 Å². The maximum atomic E-state index is 13.3. The number of carboxylic acids is 1. The van der Waals surface area contributed by atoms with Crippen molar-refractivity contribution in [3.63, 3.8) is 0 Å². The summed E-state index contributed by atoms with van der Waals surface area (Å²) in [7, 11) is 2.41. The molecule has 0 spiro atoms. The highest BCUT2D eigenvalue weighted by Gasteiger charge is 2.32. The lowest BCUT2D eigenvalue weighted by molar-refractivity contribution is -0.141. The Balaban J connectivity index is 1.87. The second kappa shape index (κ2) is 13.8. The normalized spacial score (nSPS) is 12.6. The van der Waals surface area contributed by atoms with Crippen molar-refractivity contribution < 1.29 is 32.7 Å². The number of nitrogens with one attached hydrogen (secondary N) is 2. The van der Waals surface area contributed by atoms with Crippen LogP contribution in [0.25, 0.3) is 5.65 Å². The second-order valence-corrected chi connectivity index (χ2v) is 9.37. The van der Waals surface area contributed by atoms with Gasteiger partial charge in [-0.15, -0.1) is 0 Å². The third-order valence-corrected chi connectivity index (χ3v) is 6.11. The first-order chi connectivity index (χ1) is 19.4. The number of hydrogen-bond donors (Lipinski definition) is 3. The maximum Gasteiger partial charge on any atom is 0.433 e. The first-order valence-corrected chi connectivity index (χ1v) is 13.0. The van der Waals surface area contributed by atoms with Gasteiger partial charge in [-0.1, -0.05) is 40.8 Å². The number of carbonyl (C=O) groups excluding carboxylic acids is 2. The molecule has 0 bridgehead atoms. The third-order valence-electron chi connectivity index (χ3n) is 5.70. The lowest BCUT2D eigenvalue weighted by Crippen LogP contribution is -2.30. The summed E-state index contributed by atoms with van der Waals surface area (Å²) in [6, 6.07) is 3.41. The average Bonchev–Trinajstić information content (AvgIpc) is 3.31. The molecule has 0 saturated heterocycles. The van der Waals surface area contributed by atoms with Crippen molar-refractivity contribution in [2.24, 2.45) is 0 Å². The Morgan fingerprint density at radius 3 is 2.51 bits per heavy atom. The van der Waals surface area contributed by atoms with Crippen LogP contribution in [0.3, 0.4) is 0 Å². The number of alkyl halides is 3. The van der Waals surface area contributed by atoms with Crippen molar-refractivity contribution >= 4 is 38.0 Å². The molecule has 0 aliphatic carbocycles. The molecule has 0 fully saturated rings. The van der Waals surface area contributed by atoms with Crippen LogP contribution in [0, 0.1) is 0 Å². The summed E-state index contributed by atoms with van der Waals surface area (Å²) >= 11 is 0. The van der Waals surface area contributed by atoms with Gasteiger partial charge in [0.05, 0.1) is 6.20 Å². The zero-order valence-corrected chi connectivity index (χ0v) is 23.4. The minimum atomic E-state index is -4.63. The zero-order valence-electron chi connectivity index (χ0n) is 22.2. The molecular formula is C27H28F3N6O4P. The minimum Gasteiger partial charge on any atom is -0.478 e. The van der Waals surface area contributed by atoms with Gasteiger partial charge in [0, 0.05) is 36.7 Å². The summed E-state index contributed by atoms with van der Waals surface area (Å²) in [5.41, 5.74) is 0.611. The van der Waals surface area contributed by atoms with Gasteiger partial charge in [-0.05, 0) is 42.2 Å². The Kier molecular flexibility index (Phi) is 10.5. The van der Waals surface area contributed by atoms with Crippen LogP contribution < -0.4 is 15.9 Å². The summed E-state index contributed by atoms with van der Waals surface area (Å²) < 4.78 is 40.2. The van der Waals surface area contributed by atoms with Crippen molar-refractivity contribution in [1.29, 1.82) is 0 Å². The third kappa shape index (κ3) is 8.31. The van der Waals surface area contributed by atoms with Crippen molar-refractivity contribution in [3.8, 4) is 0 Å². The molecule has 3 rings (SSSR count). The number of hydrogen-bond acceptors (Lipinski definition) is 6. The maximum absolute atomic E-state index is 13.3. The van der Waals surface area contributed by atoms with E-state index in [1.54, 1.807) is 19.1 Å². The molecule has 1 atom stereocenters. The molecule has 3 N–H and O–H groups in total. The highest BCUT2D eigenvalue weighted by Crippen LogP contribution is 2.27. The summed E-state index contributed by atoms with van der Waals surface area (Å²) in [5, 5.41) is 19.0. The van der Waals surface area contributed by atoms with Gasteiger partial charge in [0.1, 0.15) is 17.1 Å². The van der Waals surface area contributed by atoms with Crippen molar-refractivity contribution in [3.05, 3.63) is 88.7 Å². The molecule has 2 amide bonds. The van der Waals surface area contributed by atoms with Crippen molar-refractivity contribution in [2.45, 2.75) is 39.4 Å². The fourth-order valence-electron chi connectivity index (χ4n) is 3.81. The molecular weight excluding hydrogens is 560 g/mol. The summed E-state index contributed by atoms with van der Waals surface area (Å²) in [5.74, 6) is -2.39. The molecule has 216 valence electrons. The van der Waals surface area contributed by atoms with E-state index in [2.05, 4.69) is 34.9 Å². The Morgan fingerprint density at radius 2 is 1.85 bits per heavy atom. The van der Waals surface area contributed by atoms with Gasteiger partial charge >= 0.3 is 12.1 Å². The Bertz CT molecular complexity index is 1550. The fraction of sp³-hybridized carbons (Fsp3) is 0.259. The Hall–Kier alpha value is -4.38. The molecule has 0 saturated carbocycles. The number of aliphatic carboxylic acids is 1. The van der Waals surface area contributed by atoms with Gasteiger partial charge in [-0.25, -0.2) is 14.3 Å². The molecule has 10 nitrogen and oxygen atoms in total. The number of allylic oxidation sites excluding steroid dienone is 3. The van der Waals surface area contributed by atoms with Gasteiger partial charge in [0.15, 0.2) is 5.65 Å². The topological polar surface area (TPSA) is 139 Å². The standard InChI is InChI=1S/C27H28F3N6O4P/c1-3-5-17(7-8-23(37)38)18(6-4-2)14-33-26(40)20-12-19(35-24-21(41)15-34-36(20)24)25(39)32-13-16-9-10-31-22(11-16)27(28,29)30/h4,6-12,15H,3,5,13-14,41H2,1-2H3,(H,32,39)(H,33,40)(H,37,38)/b6-4-,8-7+,18-17+. The molecule has 0 aliphatic heterocycles. The number of halogens is 3. The Labute approximate surface area is 235 Å². The molecule has 3 heterocycles. The van der Waals surface area contributed by atoms with Gasteiger partial charge in [-0.3, -0.25) is 14.6 Å². The number of amides is 2. The molecule has 41 heavy (non-hydrogen) atoms. The number of pyridine rings is 1. The Morgan fingerprint density at radius 1 is 1.10 bits per heavy atom. The monoisotopic (exact) mass is 588 g/mol. The molecule has 3 aromatic heterocycles. The van der Waals surface area contributed by atoms with E-state index < -0.39 is 29.7 Å². The lowest BCUT2D eigenvalue weighted by Gasteiger charge is -2.13. The first kappa shape index (κ1) is 31.2. The van der Waals surface area contributed by atoms with Gasteiger partial charge in [0.25, 0.3) is 11.8 Å². The number of carbonyl (C=O) groups is 3. The lowest BCUT2D eigenvalue weighted by atomic mass is 10.0. The number of rotatable bonds is 11. The van der Waals surface area contributed by atoms with Crippen LogP contribution in [0.1, 0.15) is 58.9 Å². The van der Waals surface area contributed by atoms with Gasteiger partial charge in [0.2, 0.25) is 0 Å². The van der Waals surface area contributed by atoms with Crippen LogP contribution in [-0.2, 0) is 17.5 Å². The predicted molar refractivity (Wildman–Crippen MR) is 149 cm³/mol. The summed E-state index contributed by atoms with van der Waals surface area (Å²) in [6.45, 7) is 3.58. The first-order valence-electron chi connectivity index (χ1n) is 12.4. The highest BCUT2D eigenvalue weighted by molar-refractivity contribution is 7.28. The van der Waals surface area contributed by atoms with E-state index in [9.17, 15) is 27.6 Å². The quantitative estimate of drug-likeness (QED) is 0.177. The van der Waals surface area contributed by atoms with E-state index in [0.717, 1.165) is 30.3 Å². The van der Waals surface area contributed by atoms with E-state index in [0.29, 0.717) is 17.3 Å². The number of aromatic nitrogens is 4. The average molecular weight is 589 g/mol. The van der Waals surface area contributed by atoms with E-state index in [-0.39, 0.29) is 35.7 Å². The summed E-state index contributed by atoms with van der Waals surface area (Å²) in [6.07, 6.45) is 5.23. The molecule has 0 aromatic carbocycles. The molecule has 0 aliphatic rings. The SMILES string of the molecule is C\C=C/C(CNC(=O)c1cc(C(=O)NCc2ccnc(C(F)(F)F)c2)nc2c(P)cnn12)=C(\C=C\C(=O)O)CCC. The van der Waals surface area contributed by atoms with Crippen molar-refractivity contribution in [1.82, 2.24) is 30.2 Å². The highest BCUT2D eigenvalue weighted by atomic mass is 31.0. The van der Waals surface area contributed by atoms with E-state index in [4.69, 9.17) is 5.11 Å². The number of carboxylic acid groups (broad SMARTS) is 1. The second-order valence-electron chi connectivity index (χ2n) is 8.75. The zero-order chi connectivity index (χ0) is 30.2. The van der Waals surface area contributed by atoms with E-state index in [1.807, 2.05) is 6.92 Å². The minimum absolute atomic E-state index is 0.00457. The summed E-state index contributed by atoms with van der Waals surface area (Å²) in [4.78, 5) is 44.9. The van der Waals surface area contributed by atoms with Crippen LogP contribution >= 0.6 is 9.24 Å². The molecule has 3 aromatic rings. The molecule has 1 unspecified atom stereocenters. The van der Waals surface area contributed by atoms with Gasteiger partial charge in [-0.2, -0.15) is 18.3 Å². The largest absolute Gasteiger partial charge is 0.478 e. The van der Waals surface area contributed by atoms with Crippen LogP contribution in [-0.4, -0.2) is 49.0 Å². The molecule has 14 heteroatoms. The number of nitrogens with zero attached hydrogens (tertiary/aromatic N) is 4. The smallest absolute Gasteiger partial charge is 0.433 e. The number of fused-ring (bicyclic) bond motifs is 1. The fourth-order valence-corrected chi connectivity index (χ4v) is 4.06. The van der Waals surface area contributed by atoms with Crippen LogP contribution in [0.5, 0.6) is 0 Å². The van der Waals surface area contributed by atoms with Gasteiger partial charge < -0.3 is 15.7 Å². The van der Waals surface area contributed by atoms with E-state index >= 15 is 0 Å². The van der Waals surface area contributed by atoms with Crippen LogP contribution in [0.4, 0.5) is 13.2 Å². The van der Waals surface area contributed by atoms with Crippen molar-refractivity contribution in [2.75, 3.05) is 6.54 Å².